The smallest absolute Gasteiger partial charge is 0.280 e. The van der Waals surface area contributed by atoms with E-state index in [1.807, 2.05) is 78.3 Å². The number of likely N-dealkylation sites (N-methyl/N-ethyl adjacent to an activating group) is 2. The lowest BCUT2D eigenvalue weighted by Crippen LogP contribution is -2.69. The van der Waals surface area contributed by atoms with Gasteiger partial charge in [-0.25, -0.2) is 8.78 Å². The molecule has 2 aromatic carbocycles. The second kappa shape index (κ2) is 20.3. The third-order valence-electron chi connectivity index (χ3n) is 12.7. The lowest BCUT2D eigenvalue weighted by atomic mass is 9.60. The summed E-state index contributed by atoms with van der Waals surface area (Å²) in [5.74, 6) is -2.85. The summed E-state index contributed by atoms with van der Waals surface area (Å²) in [4.78, 5) is 72.1. The van der Waals surface area contributed by atoms with Crippen LogP contribution in [0.25, 0.3) is 5.57 Å². The van der Waals surface area contributed by atoms with Crippen molar-refractivity contribution < 1.29 is 42.2 Å². The molecule has 2 aliphatic heterocycles. The standard InChI is InChI=1S/C47H61F2N7O7S/c1-50-44(60)38(10-9-15-57)54(6)22-32-16-34(12-11-30(32)25-58)56-27-46(28-56)20-35(21-46)55-14-13-42(47(48,49)29-55)51-45(61)41-19-33(26-59)43(64-41)36(23-52(2)3)31-17-39(62-7)37(24-53(4)5)40(18-31)63-8/h11-12,15-19,23,25-26,35,38,42H,9-10,13-14,20-22,24,27-29H2,1-8H3,(H,50,60)(H,51,61)/b36-23-. The van der Waals surface area contributed by atoms with Crippen LogP contribution in [0.1, 0.15) is 84.1 Å². The van der Waals surface area contributed by atoms with Gasteiger partial charge in [-0.05, 0) is 94.4 Å². The number of piperidine rings is 1. The molecule has 17 heteroatoms. The Morgan fingerprint density at radius 3 is 2.17 bits per heavy atom. The molecule has 346 valence electrons. The minimum Gasteiger partial charge on any atom is -0.496 e. The average molecular weight is 906 g/mol. The van der Waals surface area contributed by atoms with Crippen LogP contribution < -0.4 is 25.0 Å². The molecule has 1 aliphatic carbocycles. The van der Waals surface area contributed by atoms with Crippen LogP contribution in [0.3, 0.4) is 0 Å². The number of nitrogens with zero attached hydrogens (tertiary/aromatic N) is 5. The molecule has 3 heterocycles. The molecule has 0 bridgehead atoms. The number of methoxy groups -OCH3 is 2. The molecule has 2 unspecified atom stereocenters. The summed E-state index contributed by atoms with van der Waals surface area (Å²) in [5.41, 5.74) is 4.71. The van der Waals surface area contributed by atoms with Crippen LogP contribution in [0.15, 0.2) is 42.6 Å². The van der Waals surface area contributed by atoms with Crippen LogP contribution in [0.4, 0.5) is 14.5 Å². The number of carbonyl (C=O) groups is 5. The normalized spacial score (nSPS) is 18.8. The molecule has 1 aromatic heterocycles. The number of hydrogen-bond donors (Lipinski definition) is 2. The van der Waals surface area contributed by atoms with Gasteiger partial charge in [0.2, 0.25) is 5.91 Å². The predicted octanol–water partition coefficient (Wildman–Crippen LogP) is 5.04. The van der Waals surface area contributed by atoms with Gasteiger partial charge in [-0.15, -0.1) is 11.3 Å². The Kier molecular flexibility index (Phi) is 15.3. The zero-order chi connectivity index (χ0) is 46.5. The molecule has 1 saturated carbocycles. The zero-order valence-corrected chi connectivity index (χ0v) is 38.9. The van der Waals surface area contributed by atoms with E-state index >= 15 is 8.78 Å². The first-order valence-corrected chi connectivity index (χ1v) is 22.3. The maximum atomic E-state index is 15.9. The van der Waals surface area contributed by atoms with Crippen molar-refractivity contribution in [2.24, 2.45) is 5.41 Å². The Balaban J connectivity index is 1.07. The van der Waals surface area contributed by atoms with E-state index in [1.165, 1.54) is 6.07 Å². The molecule has 2 atom stereocenters. The number of aldehydes is 3. The van der Waals surface area contributed by atoms with Gasteiger partial charge in [0.1, 0.15) is 24.1 Å². The molecule has 0 radical (unpaired) electrons. The number of rotatable bonds is 20. The van der Waals surface area contributed by atoms with Crippen LogP contribution in [0, 0.1) is 5.41 Å². The predicted molar refractivity (Wildman–Crippen MR) is 244 cm³/mol. The molecule has 6 rings (SSSR count). The molecule has 3 aromatic rings. The van der Waals surface area contributed by atoms with Gasteiger partial charge in [-0.1, -0.05) is 0 Å². The van der Waals surface area contributed by atoms with E-state index in [9.17, 15) is 24.0 Å². The molecule has 1 spiro atoms. The van der Waals surface area contributed by atoms with Crippen LogP contribution >= 0.6 is 11.3 Å². The molecule has 3 fully saturated rings. The van der Waals surface area contributed by atoms with Crippen LogP contribution in [-0.4, -0.2) is 157 Å². The first-order valence-electron chi connectivity index (χ1n) is 21.5. The number of halogens is 2. The van der Waals surface area contributed by atoms with Gasteiger partial charge in [-0.3, -0.25) is 29.0 Å². The number of alkyl halides is 2. The van der Waals surface area contributed by atoms with Crippen molar-refractivity contribution in [2.75, 3.05) is 87.6 Å². The summed E-state index contributed by atoms with van der Waals surface area (Å²) in [6.45, 7) is 2.38. The Morgan fingerprint density at radius 1 is 0.938 bits per heavy atom. The van der Waals surface area contributed by atoms with Crippen molar-refractivity contribution in [2.45, 2.75) is 69.2 Å². The Morgan fingerprint density at radius 2 is 1.61 bits per heavy atom. The minimum absolute atomic E-state index is 0.00504. The number of benzene rings is 2. The molecular formula is C47H61F2N7O7S. The van der Waals surface area contributed by atoms with E-state index in [0.717, 1.165) is 66.7 Å². The highest BCUT2D eigenvalue weighted by Gasteiger charge is 2.56. The summed E-state index contributed by atoms with van der Waals surface area (Å²) in [6, 6.07) is 8.96. The number of amides is 2. The summed E-state index contributed by atoms with van der Waals surface area (Å²) < 4.78 is 43.4. The van der Waals surface area contributed by atoms with Crippen molar-refractivity contribution in [1.82, 2.24) is 30.2 Å². The van der Waals surface area contributed by atoms with Crippen molar-refractivity contribution in [3.63, 3.8) is 0 Å². The molecule has 14 nitrogen and oxygen atoms in total. The van der Waals surface area contributed by atoms with Gasteiger partial charge in [-0.2, -0.15) is 0 Å². The molecule has 2 saturated heterocycles. The summed E-state index contributed by atoms with van der Waals surface area (Å²) in [7, 11) is 14.1. The number of carbonyl (C=O) groups excluding carboxylic acids is 5. The topological polar surface area (TPSA) is 144 Å². The van der Waals surface area contributed by atoms with Crippen LogP contribution in [0.5, 0.6) is 11.5 Å². The third kappa shape index (κ3) is 10.5. The van der Waals surface area contributed by atoms with E-state index in [0.29, 0.717) is 65.4 Å². The largest absolute Gasteiger partial charge is 0.496 e. The number of thiophene rings is 1. The number of likely N-dealkylation sites (tertiary alicyclic amines) is 1. The second-order valence-corrected chi connectivity index (χ2v) is 18.9. The first-order chi connectivity index (χ1) is 30.5. The fourth-order valence-corrected chi connectivity index (χ4v) is 10.5. The Bertz CT molecular complexity index is 2210. The third-order valence-corrected chi connectivity index (χ3v) is 13.8. The number of anilines is 1. The molecular weight excluding hydrogens is 845 g/mol. The number of nitrogens with one attached hydrogen (secondary N) is 2. The quantitative estimate of drug-likeness (QED) is 0.147. The van der Waals surface area contributed by atoms with Gasteiger partial charge in [0.05, 0.1) is 43.3 Å². The highest BCUT2D eigenvalue weighted by atomic mass is 32.1. The zero-order valence-electron chi connectivity index (χ0n) is 38.0. The molecule has 64 heavy (non-hydrogen) atoms. The van der Waals surface area contributed by atoms with Gasteiger partial charge in [0.25, 0.3) is 11.8 Å². The van der Waals surface area contributed by atoms with Crippen LogP contribution in [0.2, 0.25) is 0 Å². The second-order valence-electron chi connectivity index (χ2n) is 17.9. The fraction of sp³-hybridized carbons (Fsp3) is 0.511. The van der Waals surface area contributed by atoms with E-state index in [-0.39, 0.29) is 40.6 Å². The maximum Gasteiger partial charge on any atom is 0.280 e. The monoisotopic (exact) mass is 905 g/mol. The van der Waals surface area contributed by atoms with E-state index in [2.05, 4.69) is 15.5 Å². The average Bonchev–Trinajstić information content (AvgIpc) is 3.67. The Labute approximate surface area is 378 Å². The van der Waals surface area contributed by atoms with E-state index in [4.69, 9.17) is 9.47 Å². The van der Waals surface area contributed by atoms with Gasteiger partial charge < -0.3 is 39.6 Å². The lowest BCUT2D eigenvalue weighted by molar-refractivity contribution is -0.126. The highest BCUT2D eigenvalue weighted by molar-refractivity contribution is 7.15. The summed E-state index contributed by atoms with van der Waals surface area (Å²) >= 11 is 1.07. The molecule has 2 N–H and O–H groups in total. The maximum absolute atomic E-state index is 15.9. The van der Waals surface area contributed by atoms with Crippen molar-refractivity contribution in [3.8, 4) is 11.5 Å². The lowest BCUT2D eigenvalue weighted by Gasteiger charge is -2.62. The molecule has 3 aliphatic rings. The van der Waals surface area contributed by atoms with Crippen molar-refractivity contribution in [3.05, 3.63) is 80.2 Å². The highest BCUT2D eigenvalue weighted by Crippen LogP contribution is 2.52. The van der Waals surface area contributed by atoms with Gasteiger partial charge in [0, 0.05) is 105 Å². The number of hydrogen-bond acceptors (Lipinski definition) is 13. The van der Waals surface area contributed by atoms with Crippen molar-refractivity contribution >= 4 is 53.3 Å². The Hall–Kier alpha value is -5.23. The van der Waals surface area contributed by atoms with E-state index in [1.54, 1.807) is 34.4 Å². The van der Waals surface area contributed by atoms with Crippen LogP contribution in [-0.2, 0) is 22.7 Å². The van der Waals surface area contributed by atoms with Gasteiger partial charge >= 0.3 is 0 Å². The molecule has 2 amide bonds. The summed E-state index contributed by atoms with van der Waals surface area (Å²) in [5, 5.41) is 5.27. The minimum atomic E-state index is -3.18. The number of ether oxygens (including phenoxy) is 2. The SMILES string of the molecule is CNC(=O)C(CCC=O)N(C)Cc1cc(N2CC3(CC(N4CCC(NC(=O)c5cc(C=O)c(/C(=C\N(C)C)c6cc(OC)c(CN(C)C)c(OC)c6)s5)C(F)(F)C4)C3)C2)ccc1C=O. The summed E-state index contributed by atoms with van der Waals surface area (Å²) in [6.07, 6.45) is 6.36. The fourth-order valence-electron chi connectivity index (χ4n) is 9.40. The van der Waals surface area contributed by atoms with Crippen molar-refractivity contribution in [1.29, 1.82) is 0 Å². The van der Waals surface area contributed by atoms with Gasteiger partial charge in [0.15, 0.2) is 6.29 Å². The van der Waals surface area contributed by atoms with E-state index < -0.39 is 30.5 Å². The first kappa shape index (κ1) is 48.2.